The van der Waals surface area contributed by atoms with Gasteiger partial charge in [-0.1, -0.05) is 13.0 Å². The Kier molecular flexibility index (Phi) is 5.34. The molecule has 1 aliphatic carbocycles. The van der Waals surface area contributed by atoms with Gasteiger partial charge in [0.25, 0.3) is 0 Å². The molecule has 1 heterocycles. The minimum Gasteiger partial charge on any atom is -0.314 e. The van der Waals surface area contributed by atoms with Crippen LogP contribution >= 0.6 is 0 Å². The molecule has 3 nitrogen and oxygen atoms in total. The number of pyridine rings is 1. The summed E-state index contributed by atoms with van der Waals surface area (Å²) in [4.78, 5) is 7.06. The third kappa shape index (κ3) is 4.29. The number of aryl methyl sites for hydroxylation is 1. The Morgan fingerprint density at radius 2 is 2.21 bits per heavy atom. The van der Waals surface area contributed by atoms with Crippen LogP contribution in [0.4, 0.5) is 0 Å². The predicted molar refractivity (Wildman–Crippen MR) is 80.2 cm³/mol. The predicted octanol–water partition coefficient (Wildman–Crippen LogP) is 2.74. The van der Waals surface area contributed by atoms with E-state index in [4.69, 9.17) is 0 Å². The van der Waals surface area contributed by atoms with Crippen LogP contribution in [0.2, 0.25) is 0 Å². The number of nitrogens with zero attached hydrogens (tertiary/aromatic N) is 2. The van der Waals surface area contributed by atoms with Crippen molar-refractivity contribution in [2.45, 2.75) is 58.2 Å². The van der Waals surface area contributed by atoms with Gasteiger partial charge in [0.2, 0.25) is 0 Å². The van der Waals surface area contributed by atoms with Crippen molar-refractivity contribution < 1.29 is 0 Å². The molecule has 2 atom stereocenters. The normalized spacial score (nSPS) is 23.2. The second-order valence-corrected chi connectivity index (χ2v) is 5.80. The van der Waals surface area contributed by atoms with Crippen molar-refractivity contribution in [3.05, 3.63) is 29.6 Å². The Hall–Kier alpha value is -0.930. The van der Waals surface area contributed by atoms with E-state index in [1.807, 2.05) is 0 Å². The molecule has 0 saturated heterocycles. The summed E-state index contributed by atoms with van der Waals surface area (Å²) in [5, 5.41) is 3.65. The largest absolute Gasteiger partial charge is 0.314 e. The van der Waals surface area contributed by atoms with E-state index in [1.54, 1.807) is 0 Å². The van der Waals surface area contributed by atoms with E-state index in [0.29, 0.717) is 6.04 Å². The maximum atomic E-state index is 4.60. The third-order valence-corrected chi connectivity index (χ3v) is 4.07. The van der Waals surface area contributed by atoms with Gasteiger partial charge in [0.1, 0.15) is 0 Å². The molecule has 1 fully saturated rings. The Morgan fingerprint density at radius 3 is 2.95 bits per heavy atom. The molecule has 19 heavy (non-hydrogen) atoms. The van der Waals surface area contributed by atoms with E-state index in [0.717, 1.165) is 24.8 Å². The topological polar surface area (TPSA) is 28.2 Å². The molecule has 0 amide bonds. The standard InChI is InChI=1S/C16H27N3/c1-4-10-17-14-8-9-16(11-14)19(3)12-15-7-5-6-13(2)18-15/h5-7,14,16-17H,4,8-12H2,1-3H3. The summed E-state index contributed by atoms with van der Waals surface area (Å²) in [6.45, 7) is 6.41. The van der Waals surface area contributed by atoms with Crippen LogP contribution in [-0.4, -0.2) is 35.6 Å². The molecule has 1 N–H and O–H groups in total. The van der Waals surface area contributed by atoms with Crippen LogP contribution in [0.1, 0.15) is 44.0 Å². The van der Waals surface area contributed by atoms with Crippen LogP contribution in [0, 0.1) is 6.92 Å². The Bertz CT molecular complexity index is 391. The van der Waals surface area contributed by atoms with Crippen molar-refractivity contribution in [3.8, 4) is 0 Å². The summed E-state index contributed by atoms with van der Waals surface area (Å²) < 4.78 is 0. The molecule has 106 valence electrons. The second-order valence-electron chi connectivity index (χ2n) is 5.80. The fourth-order valence-corrected chi connectivity index (χ4v) is 2.96. The van der Waals surface area contributed by atoms with Gasteiger partial charge in [-0.2, -0.15) is 0 Å². The van der Waals surface area contributed by atoms with E-state index in [1.165, 1.54) is 31.4 Å². The first kappa shape index (κ1) is 14.5. The lowest BCUT2D eigenvalue weighted by Gasteiger charge is -2.24. The molecule has 1 aromatic heterocycles. The van der Waals surface area contributed by atoms with Crippen LogP contribution in [0.5, 0.6) is 0 Å². The summed E-state index contributed by atoms with van der Waals surface area (Å²) in [6, 6.07) is 7.72. The zero-order valence-corrected chi connectivity index (χ0v) is 12.5. The van der Waals surface area contributed by atoms with Gasteiger partial charge in [-0.15, -0.1) is 0 Å². The highest BCUT2D eigenvalue weighted by atomic mass is 15.1. The molecule has 1 aliphatic rings. The van der Waals surface area contributed by atoms with E-state index >= 15 is 0 Å². The Balaban J connectivity index is 1.82. The van der Waals surface area contributed by atoms with Gasteiger partial charge in [-0.05, 0) is 58.3 Å². The monoisotopic (exact) mass is 261 g/mol. The summed E-state index contributed by atoms with van der Waals surface area (Å²) >= 11 is 0. The van der Waals surface area contributed by atoms with Gasteiger partial charge in [-0.25, -0.2) is 0 Å². The number of hydrogen-bond acceptors (Lipinski definition) is 3. The lowest BCUT2D eigenvalue weighted by molar-refractivity contribution is 0.231. The lowest BCUT2D eigenvalue weighted by atomic mass is 10.2. The van der Waals surface area contributed by atoms with Crippen LogP contribution < -0.4 is 5.32 Å². The van der Waals surface area contributed by atoms with Crippen LogP contribution in [0.15, 0.2) is 18.2 Å². The molecule has 0 aromatic carbocycles. The molecule has 1 saturated carbocycles. The van der Waals surface area contributed by atoms with Gasteiger partial charge < -0.3 is 5.32 Å². The van der Waals surface area contributed by atoms with Crippen molar-refractivity contribution >= 4 is 0 Å². The second kappa shape index (κ2) is 7.01. The highest BCUT2D eigenvalue weighted by molar-refractivity contribution is 5.10. The number of rotatable bonds is 6. The van der Waals surface area contributed by atoms with Crippen molar-refractivity contribution in [3.63, 3.8) is 0 Å². The summed E-state index contributed by atoms with van der Waals surface area (Å²) in [5.41, 5.74) is 2.30. The van der Waals surface area contributed by atoms with Crippen molar-refractivity contribution in [1.82, 2.24) is 15.2 Å². The maximum Gasteiger partial charge on any atom is 0.0547 e. The SMILES string of the molecule is CCCNC1CCC(N(C)Cc2cccc(C)n2)C1. The number of hydrogen-bond donors (Lipinski definition) is 1. The molecule has 0 bridgehead atoms. The Labute approximate surface area is 117 Å². The molecular formula is C16H27N3. The average molecular weight is 261 g/mol. The minimum atomic E-state index is 0.705. The third-order valence-electron chi connectivity index (χ3n) is 4.07. The van der Waals surface area contributed by atoms with Gasteiger partial charge in [0.05, 0.1) is 5.69 Å². The molecule has 0 radical (unpaired) electrons. The zero-order chi connectivity index (χ0) is 13.7. The first-order valence-electron chi connectivity index (χ1n) is 7.55. The van der Waals surface area contributed by atoms with Crippen LogP contribution in [0.25, 0.3) is 0 Å². The number of aromatic nitrogens is 1. The Morgan fingerprint density at radius 1 is 1.37 bits per heavy atom. The zero-order valence-electron chi connectivity index (χ0n) is 12.5. The van der Waals surface area contributed by atoms with Crippen LogP contribution in [0.3, 0.4) is 0 Å². The minimum absolute atomic E-state index is 0.705. The van der Waals surface area contributed by atoms with Gasteiger partial charge >= 0.3 is 0 Å². The van der Waals surface area contributed by atoms with Crippen molar-refractivity contribution in [2.75, 3.05) is 13.6 Å². The number of nitrogens with one attached hydrogen (secondary N) is 1. The van der Waals surface area contributed by atoms with Crippen molar-refractivity contribution in [2.24, 2.45) is 0 Å². The van der Waals surface area contributed by atoms with Crippen molar-refractivity contribution in [1.29, 1.82) is 0 Å². The fourth-order valence-electron chi connectivity index (χ4n) is 2.96. The van der Waals surface area contributed by atoms with Crippen LogP contribution in [-0.2, 0) is 6.54 Å². The first-order chi connectivity index (χ1) is 9.19. The van der Waals surface area contributed by atoms with E-state index in [9.17, 15) is 0 Å². The van der Waals surface area contributed by atoms with E-state index < -0.39 is 0 Å². The maximum absolute atomic E-state index is 4.60. The summed E-state index contributed by atoms with van der Waals surface area (Å²) in [7, 11) is 2.23. The summed E-state index contributed by atoms with van der Waals surface area (Å²) in [6.07, 6.45) is 5.13. The van der Waals surface area contributed by atoms with Gasteiger partial charge in [-0.3, -0.25) is 9.88 Å². The molecule has 0 spiro atoms. The molecule has 2 rings (SSSR count). The van der Waals surface area contributed by atoms with E-state index in [-0.39, 0.29) is 0 Å². The van der Waals surface area contributed by atoms with Gasteiger partial charge in [0, 0.05) is 24.3 Å². The first-order valence-corrected chi connectivity index (χ1v) is 7.55. The molecule has 1 aromatic rings. The molecule has 3 heteroatoms. The van der Waals surface area contributed by atoms with E-state index in [2.05, 4.69) is 54.3 Å². The smallest absolute Gasteiger partial charge is 0.0547 e. The molecule has 2 unspecified atom stereocenters. The fraction of sp³-hybridized carbons (Fsp3) is 0.688. The van der Waals surface area contributed by atoms with Gasteiger partial charge in [0.15, 0.2) is 0 Å². The molecule has 0 aliphatic heterocycles. The highest BCUT2D eigenvalue weighted by Gasteiger charge is 2.27. The average Bonchev–Trinajstić information content (AvgIpc) is 2.85. The molecular weight excluding hydrogens is 234 g/mol. The lowest BCUT2D eigenvalue weighted by Crippen LogP contribution is -2.33. The quantitative estimate of drug-likeness (QED) is 0.853. The highest BCUT2D eigenvalue weighted by Crippen LogP contribution is 2.24. The summed E-state index contributed by atoms with van der Waals surface area (Å²) in [5.74, 6) is 0.